The van der Waals surface area contributed by atoms with Crippen molar-refractivity contribution in [3.8, 4) is 11.5 Å². The van der Waals surface area contributed by atoms with Crippen molar-refractivity contribution >= 4 is 28.6 Å². The Kier molecular flexibility index (Phi) is 9.36. The van der Waals surface area contributed by atoms with Crippen molar-refractivity contribution in [1.29, 1.82) is 0 Å². The number of amides is 3. The molecule has 1 saturated carbocycles. The topological polar surface area (TPSA) is 113 Å². The number of hydrogen-bond acceptors (Lipinski definition) is 6. The Morgan fingerprint density at radius 3 is 2.56 bits per heavy atom. The lowest BCUT2D eigenvalue weighted by atomic mass is 9.64. The van der Waals surface area contributed by atoms with Crippen molar-refractivity contribution < 1.29 is 28.6 Å². The molecule has 10 nitrogen and oxygen atoms in total. The van der Waals surface area contributed by atoms with E-state index >= 15 is 0 Å². The van der Waals surface area contributed by atoms with Crippen molar-refractivity contribution in [1.82, 2.24) is 20.1 Å². The molecule has 2 aromatic carbocycles. The first-order valence-corrected chi connectivity index (χ1v) is 17.7. The molecule has 1 unspecified atom stereocenters. The average Bonchev–Trinajstić information content (AvgIpc) is 3.79. The Morgan fingerprint density at radius 2 is 1.79 bits per heavy atom. The number of carbonyl (C=O) groups excluding carboxylic acids is 3. The summed E-state index contributed by atoms with van der Waals surface area (Å²) in [5, 5.41) is 4.19. The van der Waals surface area contributed by atoms with E-state index < -0.39 is 17.4 Å². The second kappa shape index (κ2) is 13.8. The molecule has 1 aliphatic carbocycles. The first-order valence-electron chi connectivity index (χ1n) is 17.7. The number of fused-ring (bicyclic) bond motifs is 5. The van der Waals surface area contributed by atoms with E-state index in [2.05, 4.69) is 28.5 Å². The van der Waals surface area contributed by atoms with Crippen molar-refractivity contribution in [2.75, 3.05) is 47.1 Å². The Morgan fingerprint density at radius 1 is 1.02 bits per heavy atom. The molecule has 2 saturated heterocycles. The molecule has 3 aromatic rings. The molecule has 3 atom stereocenters. The van der Waals surface area contributed by atoms with Gasteiger partial charge >= 0.3 is 0 Å². The molecule has 7 rings (SSSR count). The van der Waals surface area contributed by atoms with E-state index in [0.717, 1.165) is 29.6 Å². The number of nitrogens with zero attached hydrogens (tertiary/aromatic N) is 2. The van der Waals surface area contributed by atoms with Crippen LogP contribution >= 0.6 is 0 Å². The number of benzene rings is 2. The number of ether oxygens (including phenoxy) is 3. The standard InChI is InChI=1S/C38H48N4O6/c1-46-32-12-11-26(21-33(32)47-2)24-39-34(43)23-27-22-30(37(45)41-17-19-48-20-18-41)38(15-13-25-7-3-4-8-25)35-29(14-16-42(38)36(27)44)28-9-5-6-10-31(28)40-35/h5-6,9-12,21,25,27,30,40H,3-4,7-8,13-20,22-24H2,1-2H3,(H,39,43)/t27?,30-,38+/m1/s1. The first kappa shape index (κ1) is 32.5. The van der Waals surface area contributed by atoms with Crippen molar-refractivity contribution in [3.63, 3.8) is 0 Å². The smallest absolute Gasteiger partial charge is 0.228 e. The van der Waals surface area contributed by atoms with Crippen LogP contribution in [0.2, 0.25) is 0 Å². The second-order valence-corrected chi connectivity index (χ2v) is 14.0. The van der Waals surface area contributed by atoms with E-state index in [1.54, 1.807) is 14.2 Å². The van der Waals surface area contributed by atoms with Gasteiger partial charge in [-0.2, -0.15) is 0 Å². The number of aromatic amines is 1. The zero-order valence-electron chi connectivity index (χ0n) is 28.2. The zero-order valence-corrected chi connectivity index (χ0v) is 28.2. The van der Waals surface area contributed by atoms with Gasteiger partial charge < -0.3 is 34.3 Å². The Hall–Kier alpha value is -4.05. The van der Waals surface area contributed by atoms with E-state index in [1.807, 2.05) is 34.1 Å². The third-order valence-corrected chi connectivity index (χ3v) is 11.4. The van der Waals surface area contributed by atoms with E-state index in [0.29, 0.717) is 69.7 Å². The minimum Gasteiger partial charge on any atom is -0.493 e. The van der Waals surface area contributed by atoms with E-state index in [4.69, 9.17) is 14.2 Å². The predicted molar refractivity (Wildman–Crippen MR) is 182 cm³/mol. The maximum atomic E-state index is 14.8. The van der Waals surface area contributed by atoms with Crippen LogP contribution in [0.4, 0.5) is 0 Å². The minimum atomic E-state index is -0.783. The Balaban J connectivity index is 1.21. The van der Waals surface area contributed by atoms with Gasteiger partial charge in [0, 0.05) is 55.1 Å². The quantitative estimate of drug-likeness (QED) is 0.320. The third kappa shape index (κ3) is 5.93. The van der Waals surface area contributed by atoms with Crippen LogP contribution in [0.25, 0.3) is 10.9 Å². The number of aromatic nitrogens is 1. The molecule has 0 spiro atoms. The normalized spacial score (nSPS) is 24.3. The summed E-state index contributed by atoms with van der Waals surface area (Å²) >= 11 is 0. The molecule has 0 radical (unpaired) electrons. The summed E-state index contributed by atoms with van der Waals surface area (Å²) in [6.07, 6.45) is 7.70. The maximum Gasteiger partial charge on any atom is 0.228 e. The number of nitrogens with one attached hydrogen (secondary N) is 2. The molecule has 256 valence electrons. The molecule has 10 heteroatoms. The number of H-pyrrole nitrogens is 1. The highest BCUT2D eigenvalue weighted by molar-refractivity contribution is 5.93. The lowest BCUT2D eigenvalue weighted by Crippen LogP contribution is -2.66. The van der Waals surface area contributed by atoms with Crippen molar-refractivity contribution in [2.24, 2.45) is 17.8 Å². The van der Waals surface area contributed by atoms with Crippen LogP contribution in [0.3, 0.4) is 0 Å². The average molecular weight is 657 g/mol. The number of methoxy groups -OCH3 is 2. The molecule has 4 aliphatic rings. The lowest BCUT2D eigenvalue weighted by Gasteiger charge is -2.56. The highest BCUT2D eigenvalue weighted by Gasteiger charge is 2.59. The largest absolute Gasteiger partial charge is 0.493 e. The predicted octanol–water partition coefficient (Wildman–Crippen LogP) is 4.94. The van der Waals surface area contributed by atoms with E-state index in [9.17, 15) is 14.4 Å². The van der Waals surface area contributed by atoms with Gasteiger partial charge in [0.1, 0.15) is 0 Å². The fourth-order valence-electron chi connectivity index (χ4n) is 8.98. The molecule has 4 heterocycles. The molecule has 3 aliphatic heterocycles. The number of rotatable bonds is 10. The molecule has 3 amide bonds. The summed E-state index contributed by atoms with van der Waals surface area (Å²) < 4.78 is 16.4. The zero-order chi connectivity index (χ0) is 33.3. The van der Waals surface area contributed by atoms with Gasteiger partial charge in [-0.15, -0.1) is 0 Å². The summed E-state index contributed by atoms with van der Waals surface area (Å²) in [5.41, 5.74) is 3.39. The monoisotopic (exact) mass is 656 g/mol. The fourth-order valence-corrected chi connectivity index (χ4v) is 8.98. The molecular weight excluding hydrogens is 608 g/mol. The summed E-state index contributed by atoms with van der Waals surface area (Å²) in [4.78, 5) is 50.7. The summed E-state index contributed by atoms with van der Waals surface area (Å²) in [6.45, 7) is 2.93. The number of hydrogen-bond donors (Lipinski definition) is 2. The van der Waals surface area contributed by atoms with Gasteiger partial charge in [-0.3, -0.25) is 14.4 Å². The number of morpholine rings is 1. The molecular formula is C38H48N4O6. The number of piperidine rings is 1. The van der Waals surface area contributed by atoms with Gasteiger partial charge in [0.2, 0.25) is 17.7 Å². The highest BCUT2D eigenvalue weighted by Crippen LogP contribution is 2.53. The Labute approximate surface area is 282 Å². The summed E-state index contributed by atoms with van der Waals surface area (Å²) in [6, 6.07) is 13.9. The van der Waals surface area contributed by atoms with Gasteiger partial charge in [-0.1, -0.05) is 49.9 Å². The first-order chi connectivity index (χ1) is 23.4. The highest BCUT2D eigenvalue weighted by atomic mass is 16.5. The van der Waals surface area contributed by atoms with Crippen molar-refractivity contribution in [2.45, 2.75) is 69.9 Å². The van der Waals surface area contributed by atoms with Crippen LogP contribution in [0.5, 0.6) is 11.5 Å². The van der Waals surface area contributed by atoms with Gasteiger partial charge in [0.25, 0.3) is 0 Å². The Bertz CT molecular complexity index is 1660. The third-order valence-electron chi connectivity index (χ3n) is 11.4. The van der Waals surface area contributed by atoms with Crippen LogP contribution in [0.1, 0.15) is 68.2 Å². The number of carbonyl (C=O) groups is 3. The molecule has 1 aromatic heterocycles. The van der Waals surface area contributed by atoms with Crippen LogP contribution in [-0.2, 0) is 37.6 Å². The summed E-state index contributed by atoms with van der Waals surface area (Å²) in [7, 11) is 3.17. The van der Waals surface area contributed by atoms with E-state index in [1.165, 1.54) is 36.6 Å². The van der Waals surface area contributed by atoms with Gasteiger partial charge in [-0.05, 0) is 60.9 Å². The van der Waals surface area contributed by atoms with E-state index in [-0.39, 0.29) is 24.1 Å². The van der Waals surface area contributed by atoms with Gasteiger partial charge in [0.15, 0.2) is 11.5 Å². The minimum absolute atomic E-state index is 0.0157. The van der Waals surface area contributed by atoms with Crippen LogP contribution in [-0.4, -0.2) is 79.6 Å². The lowest BCUT2D eigenvalue weighted by molar-refractivity contribution is -0.169. The van der Waals surface area contributed by atoms with Crippen LogP contribution in [0.15, 0.2) is 42.5 Å². The summed E-state index contributed by atoms with van der Waals surface area (Å²) in [5.74, 6) is 0.607. The van der Waals surface area contributed by atoms with Crippen LogP contribution in [0, 0.1) is 17.8 Å². The van der Waals surface area contributed by atoms with Crippen molar-refractivity contribution in [3.05, 3.63) is 59.3 Å². The van der Waals surface area contributed by atoms with Gasteiger partial charge in [-0.25, -0.2) is 0 Å². The van der Waals surface area contributed by atoms with Gasteiger partial charge in [0.05, 0.1) is 38.9 Å². The number of para-hydroxylation sites is 1. The fraction of sp³-hybridized carbons (Fsp3) is 0.553. The molecule has 2 N–H and O–H groups in total. The second-order valence-electron chi connectivity index (χ2n) is 14.0. The molecule has 3 fully saturated rings. The SMILES string of the molecule is COc1ccc(CNC(=O)CC2C[C@H](C(=O)N3CCOCC3)[C@@]3(CCC4CCCC4)c4[nH]c5ccccc5c4CCN3C2=O)cc1OC. The molecule has 48 heavy (non-hydrogen) atoms. The molecule has 0 bridgehead atoms. The maximum absolute atomic E-state index is 14.8. The van der Waals surface area contributed by atoms with Crippen LogP contribution < -0.4 is 14.8 Å².